The van der Waals surface area contributed by atoms with Crippen molar-refractivity contribution in [1.29, 1.82) is 0 Å². The lowest BCUT2D eigenvalue weighted by Crippen LogP contribution is -2.45. The molecule has 1 heterocycles. The van der Waals surface area contributed by atoms with Crippen molar-refractivity contribution in [2.45, 2.75) is 52.2 Å². The Hall–Kier alpha value is -2.12. The molecule has 0 aliphatic heterocycles. The molecule has 1 aromatic heterocycles. The highest BCUT2D eigenvalue weighted by atomic mass is 35.5. The van der Waals surface area contributed by atoms with Gasteiger partial charge in [0.05, 0.1) is 6.04 Å². The summed E-state index contributed by atoms with van der Waals surface area (Å²) in [7, 11) is 0. The number of hydrogen-bond acceptors (Lipinski definition) is 6. The molecule has 1 aliphatic rings. The monoisotopic (exact) mass is 380 g/mol. The SMILES string of the molecule is CC(C)(C)[C@H](N)C(=O)Nc1ccc(OCc2noc(C3CC3)n2)cc1.Cl. The van der Waals surface area contributed by atoms with E-state index < -0.39 is 6.04 Å². The molecule has 2 aromatic rings. The first-order chi connectivity index (χ1) is 11.8. The second-order valence-electron chi connectivity index (χ2n) is 7.47. The number of carbonyl (C=O) groups excluding carboxylic acids is 1. The summed E-state index contributed by atoms with van der Waals surface area (Å²) in [5.74, 6) is 2.13. The number of aromatic nitrogens is 2. The van der Waals surface area contributed by atoms with Crippen LogP contribution in [-0.2, 0) is 11.4 Å². The normalized spacial score (nSPS) is 15.1. The molecule has 0 saturated heterocycles. The average molecular weight is 381 g/mol. The van der Waals surface area contributed by atoms with Crippen LogP contribution in [0.2, 0.25) is 0 Å². The van der Waals surface area contributed by atoms with Crippen LogP contribution in [0.3, 0.4) is 0 Å². The largest absolute Gasteiger partial charge is 0.485 e. The number of halogens is 1. The fourth-order valence-electron chi connectivity index (χ4n) is 2.22. The van der Waals surface area contributed by atoms with Gasteiger partial charge < -0.3 is 20.3 Å². The van der Waals surface area contributed by atoms with Crippen molar-refractivity contribution in [2.24, 2.45) is 11.1 Å². The number of carbonyl (C=O) groups is 1. The predicted octanol–water partition coefficient (Wildman–Crippen LogP) is 3.26. The van der Waals surface area contributed by atoms with Crippen molar-refractivity contribution >= 4 is 24.0 Å². The Morgan fingerprint density at radius 1 is 1.35 bits per heavy atom. The third kappa shape index (κ3) is 5.19. The highest BCUT2D eigenvalue weighted by molar-refractivity contribution is 5.95. The number of rotatable bonds is 6. The number of nitrogens with one attached hydrogen (secondary N) is 1. The van der Waals surface area contributed by atoms with Gasteiger partial charge in [-0.05, 0) is 42.5 Å². The van der Waals surface area contributed by atoms with Crippen molar-refractivity contribution in [1.82, 2.24) is 10.1 Å². The standard InChI is InChI=1S/C18H24N4O3.ClH/c1-18(2,3)15(19)16(23)20-12-6-8-13(9-7-12)24-10-14-21-17(25-22-14)11-4-5-11;/h6-9,11,15H,4-5,10,19H2,1-3H3,(H,20,23);1H/t15-;/m1./s1. The molecule has 1 aromatic carbocycles. The van der Waals surface area contributed by atoms with E-state index in [1.165, 1.54) is 0 Å². The first-order valence-corrected chi connectivity index (χ1v) is 8.45. The maximum Gasteiger partial charge on any atom is 0.241 e. The lowest BCUT2D eigenvalue weighted by molar-refractivity contribution is -0.119. The highest BCUT2D eigenvalue weighted by Gasteiger charge is 2.29. The van der Waals surface area contributed by atoms with Crippen molar-refractivity contribution in [3.63, 3.8) is 0 Å². The van der Waals surface area contributed by atoms with Gasteiger partial charge in [0, 0.05) is 11.6 Å². The van der Waals surface area contributed by atoms with Crippen LogP contribution in [0.1, 0.15) is 51.2 Å². The topological polar surface area (TPSA) is 103 Å². The maximum atomic E-state index is 12.1. The van der Waals surface area contributed by atoms with Crippen molar-refractivity contribution in [2.75, 3.05) is 5.32 Å². The first-order valence-electron chi connectivity index (χ1n) is 8.45. The molecule has 1 amide bonds. The van der Waals surface area contributed by atoms with E-state index >= 15 is 0 Å². The number of anilines is 1. The summed E-state index contributed by atoms with van der Waals surface area (Å²) in [6.07, 6.45) is 2.24. The summed E-state index contributed by atoms with van der Waals surface area (Å²) in [6, 6.07) is 6.52. The molecule has 1 aliphatic carbocycles. The van der Waals surface area contributed by atoms with E-state index in [0.29, 0.717) is 29.1 Å². The first kappa shape index (κ1) is 20.2. The molecule has 3 rings (SSSR count). The highest BCUT2D eigenvalue weighted by Crippen LogP contribution is 2.38. The Kier molecular flexibility index (Phi) is 6.26. The fourth-order valence-corrected chi connectivity index (χ4v) is 2.22. The van der Waals surface area contributed by atoms with E-state index in [9.17, 15) is 4.79 Å². The van der Waals surface area contributed by atoms with E-state index in [4.69, 9.17) is 15.0 Å². The predicted molar refractivity (Wildman–Crippen MR) is 100 cm³/mol. The van der Waals surface area contributed by atoms with Crippen LogP contribution in [0.4, 0.5) is 5.69 Å². The van der Waals surface area contributed by atoms with Gasteiger partial charge in [-0.25, -0.2) is 0 Å². The average Bonchev–Trinajstić information content (AvgIpc) is 3.31. The Balaban J connectivity index is 0.00000243. The summed E-state index contributed by atoms with van der Waals surface area (Å²) in [4.78, 5) is 16.4. The third-order valence-corrected chi connectivity index (χ3v) is 4.12. The Morgan fingerprint density at radius 3 is 2.58 bits per heavy atom. The van der Waals surface area contributed by atoms with Crippen LogP contribution in [0, 0.1) is 5.41 Å². The van der Waals surface area contributed by atoms with Gasteiger partial charge in [-0.3, -0.25) is 4.79 Å². The molecule has 26 heavy (non-hydrogen) atoms. The fraction of sp³-hybridized carbons (Fsp3) is 0.500. The van der Waals surface area contributed by atoms with Crippen molar-refractivity contribution in [3.8, 4) is 5.75 Å². The van der Waals surface area contributed by atoms with Gasteiger partial charge >= 0.3 is 0 Å². The second-order valence-corrected chi connectivity index (χ2v) is 7.47. The lowest BCUT2D eigenvalue weighted by Gasteiger charge is -2.25. The molecule has 7 nitrogen and oxygen atoms in total. The molecule has 3 N–H and O–H groups in total. The van der Waals surface area contributed by atoms with E-state index in [-0.39, 0.29) is 30.3 Å². The summed E-state index contributed by atoms with van der Waals surface area (Å²) in [5.41, 5.74) is 6.33. The molecule has 1 atom stereocenters. The molecule has 0 bridgehead atoms. The molecule has 8 heteroatoms. The summed E-state index contributed by atoms with van der Waals surface area (Å²) in [6.45, 7) is 6.04. The molecule has 0 spiro atoms. The quantitative estimate of drug-likeness (QED) is 0.797. The van der Waals surface area contributed by atoms with Gasteiger partial charge in [0.2, 0.25) is 17.6 Å². The molecule has 1 fully saturated rings. The number of nitrogens with two attached hydrogens (primary N) is 1. The van der Waals surface area contributed by atoms with Crippen LogP contribution in [0.5, 0.6) is 5.75 Å². The summed E-state index contributed by atoms with van der Waals surface area (Å²) < 4.78 is 10.8. The zero-order valence-electron chi connectivity index (χ0n) is 15.2. The maximum absolute atomic E-state index is 12.1. The van der Waals surface area contributed by atoms with Gasteiger partial charge in [0.15, 0.2) is 6.61 Å². The van der Waals surface area contributed by atoms with Crippen LogP contribution in [0.15, 0.2) is 28.8 Å². The van der Waals surface area contributed by atoms with Gasteiger partial charge in [-0.2, -0.15) is 4.98 Å². The summed E-state index contributed by atoms with van der Waals surface area (Å²) >= 11 is 0. The number of ether oxygens (including phenoxy) is 1. The number of amides is 1. The minimum Gasteiger partial charge on any atom is -0.485 e. The molecule has 142 valence electrons. The van der Waals surface area contributed by atoms with Crippen LogP contribution >= 0.6 is 12.4 Å². The minimum absolute atomic E-state index is 0. The minimum atomic E-state index is -0.581. The Bertz CT molecular complexity index is 736. The molecule has 0 radical (unpaired) electrons. The summed E-state index contributed by atoms with van der Waals surface area (Å²) in [5, 5.41) is 6.72. The molecule has 0 unspecified atom stereocenters. The Labute approximate surface area is 159 Å². The van der Waals surface area contributed by atoms with Gasteiger partial charge in [0.1, 0.15) is 5.75 Å². The van der Waals surface area contributed by atoms with E-state index in [0.717, 1.165) is 12.8 Å². The third-order valence-electron chi connectivity index (χ3n) is 4.12. The molecular formula is C18H25ClN4O3. The number of hydrogen-bond donors (Lipinski definition) is 2. The van der Waals surface area contributed by atoms with Gasteiger partial charge in [-0.1, -0.05) is 25.9 Å². The van der Waals surface area contributed by atoms with Crippen LogP contribution in [0.25, 0.3) is 0 Å². The van der Waals surface area contributed by atoms with Crippen molar-refractivity contribution in [3.05, 3.63) is 36.0 Å². The van der Waals surface area contributed by atoms with E-state index in [2.05, 4.69) is 15.5 Å². The smallest absolute Gasteiger partial charge is 0.241 e. The Morgan fingerprint density at radius 2 is 2.00 bits per heavy atom. The molecule has 1 saturated carbocycles. The van der Waals surface area contributed by atoms with Crippen molar-refractivity contribution < 1.29 is 14.1 Å². The lowest BCUT2D eigenvalue weighted by atomic mass is 9.87. The molecular weight excluding hydrogens is 356 g/mol. The van der Waals surface area contributed by atoms with Gasteiger partial charge in [-0.15, -0.1) is 12.4 Å². The number of benzene rings is 1. The zero-order chi connectivity index (χ0) is 18.0. The van der Waals surface area contributed by atoms with Gasteiger partial charge in [0.25, 0.3) is 0 Å². The van der Waals surface area contributed by atoms with E-state index in [1.54, 1.807) is 24.3 Å². The van der Waals surface area contributed by atoms with Crippen LogP contribution < -0.4 is 15.8 Å². The zero-order valence-corrected chi connectivity index (χ0v) is 16.0. The second kappa shape index (κ2) is 8.05. The number of nitrogens with zero attached hydrogens (tertiary/aromatic N) is 2. The van der Waals surface area contributed by atoms with E-state index in [1.807, 2.05) is 20.8 Å². The van der Waals surface area contributed by atoms with Crippen LogP contribution in [-0.4, -0.2) is 22.1 Å².